The highest BCUT2D eigenvalue weighted by Crippen LogP contribution is 2.29. The van der Waals surface area contributed by atoms with E-state index >= 15 is 0 Å². The maximum atomic E-state index is 13.5. The summed E-state index contributed by atoms with van der Waals surface area (Å²) in [5.41, 5.74) is 8.75. The van der Waals surface area contributed by atoms with Crippen LogP contribution < -0.4 is 26.2 Å². The number of ether oxygens (including phenoxy) is 2. The summed E-state index contributed by atoms with van der Waals surface area (Å²) in [6.07, 6.45) is 3.73. The maximum Gasteiger partial charge on any atom is 0.251 e. The van der Waals surface area contributed by atoms with Crippen LogP contribution in [0.5, 0.6) is 0 Å². The molecular weight excluding hydrogens is 1090 g/mol. The van der Waals surface area contributed by atoms with Crippen molar-refractivity contribution in [3.05, 3.63) is 129 Å². The first kappa shape index (κ1) is 52.0. The summed E-state index contributed by atoms with van der Waals surface area (Å²) in [5, 5.41) is 13.6. The molecule has 1 unspecified atom stereocenters. The average Bonchev–Trinajstić information content (AvgIpc) is 3.33. The van der Waals surface area contributed by atoms with Crippen LogP contribution >= 0.6 is 63.7 Å². The van der Waals surface area contributed by atoms with Gasteiger partial charge in [0.2, 0.25) is 17.7 Å². The van der Waals surface area contributed by atoms with E-state index in [-0.39, 0.29) is 62.4 Å². The van der Waals surface area contributed by atoms with E-state index < -0.39 is 5.92 Å². The molecule has 0 radical (unpaired) electrons. The Morgan fingerprint density at radius 1 is 0.600 bits per heavy atom. The number of nitrogens with one attached hydrogen (secondary N) is 4. The largest absolute Gasteiger partial charge is 0.377 e. The summed E-state index contributed by atoms with van der Waals surface area (Å²) >= 11 is 13.7. The minimum atomic E-state index is -0.780. The molecule has 0 saturated carbocycles. The van der Waals surface area contributed by atoms with Gasteiger partial charge < -0.3 is 35.6 Å². The number of pyridine rings is 1. The number of carbonyl (C=O) groups excluding carboxylic acids is 5. The Balaban J connectivity index is 0.973. The third-order valence-electron chi connectivity index (χ3n) is 10.7. The molecule has 0 saturated heterocycles. The van der Waals surface area contributed by atoms with Crippen molar-refractivity contribution in [1.29, 1.82) is 0 Å². The summed E-state index contributed by atoms with van der Waals surface area (Å²) in [6.45, 7) is 2.16. The number of benzene rings is 3. The third-order valence-corrected chi connectivity index (χ3v) is 13.1. The molecule has 1 aromatic heterocycles. The van der Waals surface area contributed by atoms with E-state index in [2.05, 4.69) is 108 Å². The number of aromatic nitrogens is 1. The molecule has 13 nitrogen and oxygen atoms in total. The predicted octanol–water partition coefficient (Wildman–Crippen LogP) is 7.60. The van der Waals surface area contributed by atoms with E-state index in [9.17, 15) is 24.0 Å². The van der Waals surface area contributed by atoms with Crippen LogP contribution in [0.15, 0.2) is 78.9 Å². The zero-order chi connectivity index (χ0) is 46.4. The number of nitrogens with zero attached hydrogens (tertiary/aromatic N) is 2. The van der Waals surface area contributed by atoms with Gasteiger partial charge in [-0.3, -0.25) is 29.0 Å². The number of alkyl halides is 4. The molecule has 1 aliphatic rings. The van der Waals surface area contributed by atoms with Crippen molar-refractivity contribution in [2.45, 2.75) is 66.4 Å². The van der Waals surface area contributed by atoms with Gasteiger partial charge in [-0.15, -0.1) is 0 Å². The van der Waals surface area contributed by atoms with Crippen LogP contribution in [0, 0.1) is 5.92 Å². The van der Waals surface area contributed by atoms with Crippen molar-refractivity contribution in [2.75, 3.05) is 57.5 Å². The molecule has 3 aromatic carbocycles. The third kappa shape index (κ3) is 17.0. The zero-order valence-corrected chi connectivity index (χ0v) is 42.6. The van der Waals surface area contributed by atoms with Crippen LogP contribution in [0.25, 0.3) is 0 Å². The smallest absolute Gasteiger partial charge is 0.251 e. The first-order valence-electron chi connectivity index (χ1n) is 21.7. The van der Waals surface area contributed by atoms with Gasteiger partial charge in [0, 0.05) is 77.2 Å². The number of anilines is 1. The van der Waals surface area contributed by atoms with Gasteiger partial charge in [-0.1, -0.05) is 112 Å². The van der Waals surface area contributed by atoms with Gasteiger partial charge in [0.25, 0.3) is 11.8 Å². The fraction of sp³-hybridized carbons (Fsp3) is 0.417. The predicted molar refractivity (Wildman–Crippen MR) is 267 cm³/mol. The molecule has 5 rings (SSSR count). The van der Waals surface area contributed by atoms with Gasteiger partial charge in [-0.2, -0.15) is 0 Å². The number of amides is 5. The van der Waals surface area contributed by atoms with Crippen LogP contribution in [0.4, 0.5) is 5.69 Å². The van der Waals surface area contributed by atoms with Crippen LogP contribution in [0.3, 0.4) is 0 Å². The standard InChI is InChI=1S/C48H56Br4N6O7/c49-26-33-21-34(27-50)23-38(22-33)46(61)55-30-40(31-56-47(62)39-24-41(28-51)57-42(25-39)29-52)48(63)54-16-18-65-20-19-64-17-15-53-44(59)11-5-6-12-45(60)58-32-37-9-2-1-7-35(37)13-14-36-8-3-4-10-43(36)58/h1-4,7-10,21-25,40H,5-6,11-20,26-32H2,(H,53,59)(H,54,63)(H,55,61)(H,56,62). The van der Waals surface area contributed by atoms with Gasteiger partial charge in [-0.05, 0) is 83.8 Å². The molecule has 2 heterocycles. The molecule has 348 valence electrons. The fourth-order valence-corrected chi connectivity index (χ4v) is 8.53. The van der Waals surface area contributed by atoms with Crippen LogP contribution in [0.1, 0.15) is 85.6 Å². The maximum absolute atomic E-state index is 13.5. The van der Waals surface area contributed by atoms with E-state index in [0.717, 1.165) is 29.7 Å². The second-order valence-corrected chi connectivity index (χ2v) is 17.7. The average molecular weight is 1150 g/mol. The Labute approximate surface area is 414 Å². The number of halogens is 4. The Kier molecular flexibility index (Phi) is 22.6. The number of carbonyl (C=O) groups is 5. The lowest BCUT2D eigenvalue weighted by Crippen LogP contribution is -2.45. The molecule has 0 bridgehead atoms. The minimum Gasteiger partial charge on any atom is -0.377 e. The lowest BCUT2D eigenvalue weighted by atomic mass is 9.95. The highest BCUT2D eigenvalue weighted by molar-refractivity contribution is 9.09. The summed E-state index contributed by atoms with van der Waals surface area (Å²) in [7, 11) is 0. The fourth-order valence-electron chi connectivity index (χ4n) is 7.31. The van der Waals surface area contributed by atoms with E-state index in [0.29, 0.717) is 95.8 Å². The van der Waals surface area contributed by atoms with Crippen molar-refractivity contribution in [1.82, 2.24) is 26.3 Å². The second kappa shape index (κ2) is 28.2. The van der Waals surface area contributed by atoms with Crippen molar-refractivity contribution >= 4 is 98.9 Å². The number of hydrogen-bond acceptors (Lipinski definition) is 8. The Bertz CT molecular complexity index is 2110. The van der Waals surface area contributed by atoms with Gasteiger partial charge in [0.1, 0.15) is 0 Å². The molecule has 1 aliphatic heterocycles. The quantitative estimate of drug-likeness (QED) is 0.0389. The molecule has 0 spiro atoms. The van der Waals surface area contributed by atoms with Crippen molar-refractivity contribution in [2.24, 2.45) is 5.92 Å². The number of unbranched alkanes of at least 4 members (excludes halogenated alkanes) is 1. The van der Waals surface area contributed by atoms with Crippen molar-refractivity contribution in [3.8, 4) is 0 Å². The number of hydrogen-bond donors (Lipinski definition) is 4. The van der Waals surface area contributed by atoms with Gasteiger partial charge in [0.05, 0.1) is 50.3 Å². The lowest BCUT2D eigenvalue weighted by Gasteiger charge is -2.29. The molecule has 4 aromatic rings. The van der Waals surface area contributed by atoms with E-state index in [4.69, 9.17) is 9.47 Å². The Morgan fingerprint density at radius 2 is 1.14 bits per heavy atom. The summed E-state index contributed by atoms with van der Waals surface area (Å²) in [6, 6.07) is 25.4. The summed E-state index contributed by atoms with van der Waals surface area (Å²) in [4.78, 5) is 72.1. The minimum absolute atomic E-state index is 0.0162. The molecule has 0 aliphatic carbocycles. The van der Waals surface area contributed by atoms with E-state index in [1.807, 2.05) is 41.3 Å². The van der Waals surface area contributed by atoms with Crippen molar-refractivity contribution < 1.29 is 33.4 Å². The molecule has 4 N–H and O–H groups in total. The highest BCUT2D eigenvalue weighted by atomic mass is 79.9. The van der Waals surface area contributed by atoms with Crippen LogP contribution in [-0.2, 0) is 64.6 Å². The first-order chi connectivity index (χ1) is 31.6. The molecule has 65 heavy (non-hydrogen) atoms. The highest BCUT2D eigenvalue weighted by Gasteiger charge is 2.24. The number of fused-ring (bicyclic) bond motifs is 2. The first-order valence-corrected chi connectivity index (χ1v) is 26.2. The lowest BCUT2D eigenvalue weighted by molar-refractivity contribution is -0.125. The molecule has 5 amide bonds. The Morgan fingerprint density at radius 3 is 1.75 bits per heavy atom. The summed E-state index contributed by atoms with van der Waals surface area (Å²) < 4.78 is 11.3. The van der Waals surface area contributed by atoms with Crippen LogP contribution in [0.2, 0.25) is 0 Å². The van der Waals surface area contributed by atoms with Crippen molar-refractivity contribution in [3.63, 3.8) is 0 Å². The summed E-state index contributed by atoms with van der Waals surface area (Å²) in [5.74, 6) is -1.86. The van der Waals surface area contributed by atoms with Gasteiger partial charge >= 0.3 is 0 Å². The molecule has 0 fully saturated rings. The monoisotopic (exact) mass is 1140 g/mol. The van der Waals surface area contributed by atoms with Gasteiger partial charge in [0.15, 0.2) is 0 Å². The zero-order valence-electron chi connectivity index (χ0n) is 36.3. The molecule has 17 heteroatoms. The number of aryl methyl sites for hydroxylation is 2. The molecular formula is C48H56Br4N6O7. The Hall–Kier alpha value is -4.00. The number of para-hydroxylation sites is 1. The van der Waals surface area contributed by atoms with E-state index in [1.165, 1.54) is 16.7 Å². The number of rotatable bonds is 25. The van der Waals surface area contributed by atoms with Crippen LogP contribution in [-0.4, -0.2) is 87.1 Å². The topological polar surface area (TPSA) is 168 Å². The van der Waals surface area contributed by atoms with Gasteiger partial charge in [-0.25, -0.2) is 0 Å². The SMILES string of the molecule is O=C(CCCCC(=O)N1Cc2ccccc2CCc2ccccc21)NCCOCCOCCNC(=O)C(CNC(=O)c1cc(CBr)cc(CBr)c1)CNC(=O)c1cc(CBr)nc(CBr)c1. The van der Waals surface area contributed by atoms with E-state index in [1.54, 1.807) is 24.3 Å². The normalized spacial score (nSPS) is 12.5. The second-order valence-electron chi connectivity index (χ2n) is 15.5. The molecule has 1 atom stereocenters.